The number of aliphatic hydroxyl groups is 1. The van der Waals surface area contributed by atoms with Gasteiger partial charge in [0.2, 0.25) is 0 Å². The third kappa shape index (κ3) is 2.61. The standard InChI is InChI=1S/C13H15ClO3/c1-2-11(15)12(16)7-9-6-10(14)5-8-3-4-17-13(8)9/h5-6,11,15H,2-4,7H2,1H3. The first kappa shape index (κ1) is 12.4. The molecule has 3 nitrogen and oxygen atoms in total. The highest BCUT2D eigenvalue weighted by atomic mass is 35.5. The highest BCUT2D eigenvalue weighted by Gasteiger charge is 2.21. The van der Waals surface area contributed by atoms with Crippen LogP contribution in [0, 0.1) is 0 Å². The Morgan fingerprint density at radius 3 is 3.06 bits per heavy atom. The SMILES string of the molecule is CCC(O)C(=O)Cc1cc(Cl)cc2c1OCC2. The van der Waals surface area contributed by atoms with Crippen molar-refractivity contribution in [2.75, 3.05) is 6.61 Å². The Labute approximate surface area is 105 Å². The predicted octanol–water partition coefficient (Wildman–Crippen LogP) is 2.16. The van der Waals surface area contributed by atoms with Crippen molar-refractivity contribution in [3.8, 4) is 5.75 Å². The first-order valence-electron chi connectivity index (χ1n) is 5.76. The van der Waals surface area contributed by atoms with Gasteiger partial charge in [0.15, 0.2) is 5.78 Å². The van der Waals surface area contributed by atoms with Crippen molar-refractivity contribution in [2.45, 2.75) is 32.3 Å². The van der Waals surface area contributed by atoms with E-state index in [1.807, 2.05) is 6.07 Å². The van der Waals surface area contributed by atoms with Crippen LogP contribution in [0.2, 0.25) is 5.02 Å². The molecule has 0 bridgehead atoms. The van der Waals surface area contributed by atoms with Gasteiger partial charge >= 0.3 is 0 Å². The van der Waals surface area contributed by atoms with E-state index in [2.05, 4.69) is 0 Å². The topological polar surface area (TPSA) is 46.5 Å². The Balaban J connectivity index is 2.24. The molecule has 1 N–H and O–H groups in total. The number of benzene rings is 1. The Bertz CT molecular complexity index is 443. The summed E-state index contributed by atoms with van der Waals surface area (Å²) < 4.78 is 5.51. The average Bonchev–Trinajstić information content (AvgIpc) is 2.75. The molecule has 92 valence electrons. The van der Waals surface area contributed by atoms with Gasteiger partial charge in [-0.2, -0.15) is 0 Å². The van der Waals surface area contributed by atoms with Crippen LogP contribution in [-0.2, 0) is 17.6 Å². The van der Waals surface area contributed by atoms with Gasteiger partial charge in [-0.1, -0.05) is 18.5 Å². The fourth-order valence-electron chi connectivity index (χ4n) is 2.01. The van der Waals surface area contributed by atoms with Gasteiger partial charge in [-0.05, 0) is 24.1 Å². The van der Waals surface area contributed by atoms with E-state index in [-0.39, 0.29) is 12.2 Å². The molecule has 0 saturated heterocycles. The zero-order chi connectivity index (χ0) is 12.4. The monoisotopic (exact) mass is 254 g/mol. The van der Waals surface area contributed by atoms with Crippen LogP contribution in [0.25, 0.3) is 0 Å². The quantitative estimate of drug-likeness (QED) is 0.896. The molecule has 1 aromatic carbocycles. The number of fused-ring (bicyclic) bond motifs is 1. The number of aliphatic hydroxyl groups excluding tert-OH is 1. The molecular formula is C13H15ClO3. The van der Waals surface area contributed by atoms with E-state index in [1.54, 1.807) is 13.0 Å². The zero-order valence-electron chi connectivity index (χ0n) is 9.70. The first-order valence-corrected chi connectivity index (χ1v) is 6.14. The van der Waals surface area contributed by atoms with Crippen LogP contribution in [0.1, 0.15) is 24.5 Å². The Hall–Kier alpha value is -1.06. The first-order chi connectivity index (χ1) is 8.11. The maximum Gasteiger partial charge on any atom is 0.165 e. The van der Waals surface area contributed by atoms with E-state index >= 15 is 0 Å². The summed E-state index contributed by atoms with van der Waals surface area (Å²) in [6, 6.07) is 3.61. The van der Waals surface area contributed by atoms with Gasteiger partial charge in [-0.3, -0.25) is 4.79 Å². The summed E-state index contributed by atoms with van der Waals surface area (Å²) in [4.78, 5) is 11.7. The van der Waals surface area contributed by atoms with Gasteiger partial charge in [0.25, 0.3) is 0 Å². The van der Waals surface area contributed by atoms with Crippen molar-refractivity contribution in [2.24, 2.45) is 0 Å². The van der Waals surface area contributed by atoms with Crippen molar-refractivity contribution in [3.63, 3.8) is 0 Å². The lowest BCUT2D eigenvalue weighted by atomic mass is 10.0. The van der Waals surface area contributed by atoms with Crippen molar-refractivity contribution in [1.82, 2.24) is 0 Å². The van der Waals surface area contributed by atoms with E-state index < -0.39 is 6.10 Å². The largest absolute Gasteiger partial charge is 0.493 e. The number of hydrogen-bond acceptors (Lipinski definition) is 3. The summed E-state index contributed by atoms with van der Waals surface area (Å²) in [7, 11) is 0. The Morgan fingerprint density at radius 1 is 1.59 bits per heavy atom. The second-order valence-corrected chi connectivity index (χ2v) is 4.66. The average molecular weight is 255 g/mol. The lowest BCUT2D eigenvalue weighted by molar-refractivity contribution is -0.126. The number of ether oxygens (including phenoxy) is 1. The van der Waals surface area contributed by atoms with E-state index in [1.165, 1.54) is 0 Å². The lowest BCUT2D eigenvalue weighted by Crippen LogP contribution is -2.21. The molecule has 1 heterocycles. The molecule has 1 unspecified atom stereocenters. The summed E-state index contributed by atoms with van der Waals surface area (Å²) in [5.41, 5.74) is 1.83. The number of carbonyl (C=O) groups excluding carboxylic acids is 1. The summed E-state index contributed by atoms with van der Waals surface area (Å²) in [5, 5.41) is 10.1. The molecule has 0 amide bonds. The maximum atomic E-state index is 11.7. The summed E-state index contributed by atoms with van der Waals surface area (Å²) in [6.45, 7) is 2.41. The molecule has 2 rings (SSSR count). The van der Waals surface area contributed by atoms with Crippen LogP contribution < -0.4 is 4.74 Å². The molecule has 0 spiro atoms. The van der Waals surface area contributed by atoms with E-state index in [0.717, 1.165) is 23.3 Å². The third-order valence-electron chi connectivity index (χ3n) is 2.95. The van der Waals surface area contributed by atoms with Crippen molar-refractivity contribution < 1.29 is 14.6 Å². The third-order valence-corrected chi connectivity index (χ3v) is 3.17. The summed E-state index contributed by atoms with van der Waals surface area (Å²) >= 11 is 6.00. The Morgan fingerprint density at radius 2 is 2.35 bits per heavy atom. The number of ketones is 1. The molecule has 0 aliphatic carbocycles. The molecule has 1 aliphatic rings. The lowest BCUT2D eigenvalue weighted by Gasteiger charge is -2.10. The van der Waals surface area contributed by atoms with Crippen molar-refractivity contribution in [1.29, 1.82) is 0 Å². The molecule has 1 atom stereocenters. The molecular weight excluding hydrogens is 240 g/mol. The van der Waals surface area contributed by atoms with Crippen LogP contribution in [0.4, 0.5) is 0 Å². The van der Waals surface area contributed by atoms with Crippen LogP contribution in [0.5, 0.6) is 5.75 Å². The second-order valence-electron chi connectivity index (χ2n) is 4.22. The minimum Gasteiger partial charge on any atom is -0.493 e. The predicted molar refractivity (Wildman–Crippen MR) is 65.7 cm³/mol. The number of halogens is 1. The number of carbonyl (C=O) groups is 1. The fourth-order valence-corrected chi connectivity index (χ4v) is 2.27. The molecule has 0 radical (unpaired) electrons. The molecule has 1 aliphatic heterocycles. The summed E-state index contributed by atoms with van der Waals surface area (Å²) in [6.07, 6.45) is 0.541. The van der Waals surface area contributed by atoms with Gasteiger partial charge in [0.1, 0.15) is 11.9 Å². The normalized spacial score (nSPS) is 15.2. The van der Waals surface area contributed by atoms with Gasteiger partial charge < -0.3 is 9.84 Å². The molecule has 1 aromatic rings. The minimum absolute atomic E-state index is 0.178. The van der Waals surface area contributed by atoms with Gasteiger partial charge in [0.05, 0.1) is 6.61 Å². The van der Waals surface area contributed by atoms with Gasteiger partial charge in [-0.25, -0.2) is 0 Å². The van der Waals surface area contributed by atoms with Crippen molar-refractivity contribution >= 4 is 17.4 Å². The van der Waals surface area contributed by atoms with E-state index in [9.17, 15) is 9.90 Å². The minimum atomic E-state index is -0.897. The van der Waals surface area contributed by atoms with Crippen molar-refractivity contribution in [3.05, 3.63) is 28.3 Å². The number of hydrogen-bond donors (Lipinski definition) is 1. The van der Waals surface area contributed by atoms with Crippen LogP contribution in [0.3, 0.4) is 0 Å². The number of Topliss-reactive ketones (excluding diaryl/α,β-unsaturated/α-hetero) is 1. The van der Waals surface area contributed by atoms with Gasteiger partial charge in [-0.15, -0.1) is 0 Å². The van der Waals surface area contributed by atoms with Crippen LogP contribution >= 0.6 is 11.6 Å². The molecule has 0 aromatic heterocycles. The maximum absolute atomic E-state index is 11.7. The zero-order valence-corrected chi connectivity index (χ0v) is 10.5. The number of rotatable bonds is 4. The van der Waals surface area contributed by atoms with E-state index in [4.69, 9.17) is 16.3 Å². The second kappa shape index (κ2) is 5.07. The molecule has 17 heavy (non-hydrogen) atoms. The molecule has 0 saturated carbocycles. The van der Waals surface area contributed by atoms with E-state index in [0.29, 0.717) is 18.1 Å². The summed E-state index contributed by atoms with van der Waals surface area (Å²) in [5.74, 6) is 0.582. The fraction of sp³-hybridized carbons (Fsp3) is 0.462. The highest BCUT2D eigenvalue weighted by Crippen LogP contribution is 2.33. The van der Waals surface area contributed by atoms with Gasteiger partial charge in [0, 0.05) is 23.4 Å². The van der Waals surface area contributed by atoms with Crippen LogP contribution in [-0.4, -0.2) is 23.6 Å². The molecule has 4 heteroatoms. The Kier molecular flexibility index (Phi) is 3.69. The molecule has 0 fully saturated rings. The van der Waals surface area contributed by atoms with Crippen LogP contribution in [0.15, 0.2) is 12.1 Å². The smallest absolute Gasteiger partial charge is 0.165 e. The highest BCUT2D eigenvalue weighted by molar-refractivity contribution is 6.30.